The highest BCUT2D eigenvalue weighted by Crippen LogP contribution is 2.36. The van der Waals surface area contributed by atoms with Crippen molar-refractivity contribution in [2.75, 3.05) is 6.79 Å². The molecule has 0 amide bonds. The minimum Gasteiger partial charge on any atom is -0.454 e. The molecule has 0 atom stereocenters. The molecule has 1 aromatic heterocycles. The monoisotopic (exact) mass is 261 g/mol. The standard InChI is InChI=1S/C13H15N3O3/c1-2-5-16-13(10(7-17)14-15-16)9-3-4-11-12(6-9)19-8-18-11/h3-4,6,17H,2,5,7-8H2,1H3. The average Bonchev–Trinajstić information content (AvgIpc) is 3.04. The Kier molecular flexibility index (Phi) is 3.08. The lowest BCUT2D eigenvalue weighted by Crippen LogP contribution is -2.02. The minimum atomic E-state index is -0.131. The fourth-order valence-corrected chi connectivity index (χ4v) is 2.18. The largest absolute Gasteiger partial charge is 0.454 e. The number of aryl methyl sites for hydroxylation is 1. The summed E-state index contributed by atoms with van der Waals surface area (Å²) >= 11 is 0. The van der Waals surface area contributed by atoms with Crippen LogP contribution in [0.3, 0.4) is 0 Å². The zero-order chi connectivity index (χ0) is 13.2. The second kappa shape index (κ2) is 4.89. The van der Waals surface area contributed by atoms with Crippen molar-refractivity contribution in [2.45, 2.75) is 26.5 Å². The Hall–Kier alpha value is -2.08. The zero-order valence-corrected chi connectivity index (χ0v) is 10.7. The van der Waals surface area contributed by atoms with Crippen LogP contribution in [0.2, 0.25) is 0 Å². The maximum Gasteiger partial charge on any atom is 0.231 e. The second-order valence-corrected chi connectivity index (χ2v) is 4.33. The molecule has 1 aliphatic heterocycles. The highest BCUT2D eigenvalue weighted by molar-refractivity contribution is 5.66. The molecular weight excluding hydrogens is 246 g/mol. The SMILES string of the molecule is CCCn1nnc(CO)c1-c1ccc2c(c1)OCO2. The topological polar surface area (TPSA) is 69.4 Å². The number of aromatic nitrogens is 3. The Morgan fingerprint density at radius 3 is 2.95 bits per heavy atom. The molecule has 0 fully saturated rings. The van der Waals surface area contributed by atoms with E-state index < -0.39 is 0 Å². The maximum absolute atomic E-state index is 9.38. The summed E-state index contributed by atoms with van der Waals surface area (Å²) in [4.78, 5) is 0. The smallest absolute Gasteiger partial charge is 0.231 e. The second-order valence-electron chi connectivity index (χ2n) is 4.33. The molecule has 1 N–H and O–H groups in total. The van der Waals surface area contributed by atoms with E-state index in [2.05, 4.69) is 17.2 Å². The summed E-state index contributed by atoms with van der Waals surface area (Å²) in [5.74, 6) is 1.45. The van der Waals surface area contributed by atoms with Crippen LogP contribution < -0.4 is 9.47 Å². The van der Waals surface area contributed by atoms with Gasteiger partial charge < -0.3 is 14.6 Å². The molecule has 6 heteroatoms. The Labute approximate surface area is 110 Å². The van der Waals surface area contributed by atoms with Crippen molar-refractivity contribution in [3.8, 4) is 22.8 Å². The average molecular weight is 261 g/mol. The van der Waals surface area contributed by atoms with Crippen LogP contribution in [0.4, 0.5) is 0 Å². The predicted molar refractivity (Wildman–Crippen MR) is 67.8 cm³/mol. The quantitative estimate of drug-likeness (QED) is 0.904. The molecule has 2 aromatic rings. The molecule has 19 heavy (non-hydrogen) atoms. The number of benzene rings is 1. The summed E-state index contributed by atoms with van der Waals surface area (Å²) in [5, 5.41) is 17.5. The van der Waals surface area contributed by atoms with Crippen LogP contribution in [0.15, 0.2) is 18.2 Å². The Morgan fingerprint density at radius 2 is 2.16 bits per heavy atom. The van der Waals surface area contributed by atoms with Gasteiger partial charge in [0.25, 0.3) is 0 Å². The van der Waals surface area contributed by atoms with Crippen LogP contribution in [0.1, 0.15) is 19.0 Å². The zero-order valence-electron chi connectivity index (χ0n) is 10.7. The van der Waals surface area contributed by atoms with Crippen molar-refractivity contribution in [2.24, 2.45) is 0 Å². The molecule has 0 spiro atoms. The molecule has 2 heterocycles. The first-order valence-electron chi connectivity index (χ1n) is 6.26. The van der Waals surface area contributed by atoms with Crippen molar-refractivity contribution in [3.63, 3.8) is 0 Å². The third-order valence-corrected chi connectivity index (χ3v) is 3.04. The predicted octanol–water partition coefficient (Wildman–Crippen LogP) is 1.58. The van der Waals surface area contributed by atoms with Crippen molar-refractivity contribution < 1.29 is 14.6 Å². The molecular formula is C13H15N3O3. The fourth-order valence-electron chi connectivity index (χ4n) is 2.18. The van der Waals surface area contributed by atoms with E-state index in [0.717, 1.165) is 30.0 Å². The number of hydrogen-bond donors (Lipinski definition) is 1. The molecule has 0 saturated carbocycles. The third-order valence-electron chi connectivity index (χ3n) is 3.04. The van der Waals surface area contributed by atoms with Gasteiger partial charge in [0.2, 0.25) is 6.79 Å². The minimum absolute atomic E-state index is 0.131. The number of aliphatic hydroxyl groups is 1. The van der Waals surface area contributed by atoms with E-state index in [-0.39, 0.29) is 13.4 Å². The van der Waals surface area contributed by atoms with E-state index in [1.54, 1.807) is 0 Å². The van der Waals surface area contributed by atoms with Gasteiger partial charge in [-0.05, 0) is 24.6 Å². The third kappa shape index (κ3) is 2.04. The molecule has 0 saturated heterocycles. The first kappa shape index (κ1) is 12.0. The summed E-state index contributed by atoms with van der Waals surface area (Å²) in [7, 11) is 0. The molecule has 100 valence electrons. The number of aliphatic hydroxyl groups excluding tert-OH is 1. The highest BCUT2D eigenvalue weighted by Gasteiger charge is 2.18. The van der Waals surface area contributed by atoms with Gasteiger partial charge in [0, 0.05) is 12.1 Å². The summed E-state index contributed by atoms with van der Waals surface area (Å²) in [6, 6.07) is 5.69. The van der Waals surface area contributed by atoms with Crippen LogP contribution in [0.25, 0.3) is 11.3 Å². The lowest BCUT2D eigenvalue weighted by Gasteiger charge is -2.07. The van der Waals surface area contributed by atoms with E-state index in [4.69, 9.17) is 9.47 Å². The van der Waals surface area contributed by atoms with Gasteiger partial charge >= 0.3 is 0 Å². The molecule has 0 unspecified atom stereocenters. The van der Waals surface area contributed by atoms with E-state index in [9.17, 15) is 5.11 Å². The normalized spacial score (nSPS) is 12.9. The Bertz CT molecular complexity index is 595. The Morgan fingerprint density at radius 1 is 1.32 bits per heavy atom. The number of rotatable bonds is 4. The van der Waals surface area contributed by atoms with Gasteiger partial charge in [0.1, 0.15) is 5.69 Å². The summed E-state index contributed by atoms with van der Waals surface area (Å²) in [5.41, 5.74) is 2.33. The van der Waals surface area contributed by atoms with E-state index in [1.165, 1.54) is 0 Å². The van der Waals surface area contributed by atoms with E-state index in [1.807, 2.05) is 22.9 Å². The van der Waals surface area contributed by atoms with Crippen LogP contribution in [0.5, 0.6) is 11.5 Å². The van der Waals surface area contributed by atoms with Crippen LogP contribution >= 0.6 is 0 Å². The van der Waals surface area contributed by atoms with Gasteiger partial charge in [-0.25, -0.2) is 4.68 Å². The van der Waals surface area contributed by atoms with Gasteiger partial charge in [-0.3, -0.25) is 0 Å². The van der Waals surface area contributed by atoms with E-state index in [0.29, 0.717) is 11.4 Å². The maximum atomic E-state index is 9.38. The van der Waals surface area contributed by atoms with Gasteiger partial charge in [-0.1, -0.05) is 12.1 Å². The van der Waals surface area contributed by atoms with Crippen molar-refractivity contribution in [1.29, 1.82) is 0 Å². The molecule has 1 aromatic carbocycles. The van der Waals surface area contributed by atoms with Crippen molar-refractivity contribution >= 4 is 0 Å². The number of hydrogen-bond acceptors (Lipinski definition) is 5. The number of nitrogens with zero attached hydrogens (tertiary/aromatic N) is 3. The summed E-state index contributed by atoms with van der Waals surface area (Å²) in [6.45, 7) is 2.95. The lowest BCUT2D eigenvalue weighted by atomic mass is 10.1. The van der Waals surface area contributed by atoms with Crippen LogP contribution in [-0.4, -0.2) is 26.9 Å². The lowest BCUT2D eigenvalue weighted by molar-refractivity contribution is 0.174. The van der Waals surface area contributed by atoms with Gasteiger partial charge in [0.05, 0.1) is 12.3 Å². The molecule has 6 nitrogen and oxygen atoms in total. The van der Waals surface area contributed by atoms with Crippen LogP contribution in [0, 0.1) is 0 Å². The first-order chi connectivity index (χ1) is 9.33. The molecule has 3 rings (SSSR count). The molecule has 0 radical (unpaired) electrons. The molecule has 0 bridgehead atoms. The highest BCUT2D eigenvalue weighted by atomic mass is 16.7. The number of fused-ring (bicyclic) bond motifs is 1. The van der Waals surface area contributed by atoms with Crippen molar-refractivity contribution in [1.82, 2.24) is 15.0 Å². The van der Waals surface area contributed by atoms with Crippen LogP contribution in [-0.2, 0) is 13.2 Å². The van der Waals surface area contributed by atoms with Crippen molar-refractivity contribution in [3.05, 3.63) is 23.9 Å². The van der Waals surface area contributed by atoms with Gasteiger partial charge in [-0.2, -0.15) is 0 Å². The summed E-state index contributed by atoms with van der Waals surface area (Å²) in [6.07, 6.45) is 0.950. The van der Waals surface area contributed by atoms with E-state index >= 15 is 0 Å². The number of ether oxygens (including phenoxy) is 2. The van der Waals surface area contributed by atoms with Gasteiger partial charge in [0.15, 0.2) is 11.5 Å². The Balaban J connectivity index is 2.07. The summed E-state index contributed by atoms with van der Waals surface area (Å²) < 4.78 is 12.5. The fraction of sp³-hybridized carbons (Fsp3) is 0.385. The molecule has 0 aliphatic carbocycles. The van der Waals surface area contributed by atoms with Gasteiger partial charge in [-0.15, -0.1) is 5.10 Å². The molecule has 1 aliphatic rings. The first-order valence-corrected chi connectivity index (χ1v) is 6.26.